The summed E-state index contributed by atoms with van der Waals surface area (Å²) in [5.41, 5.74) is 1.11. The average Bonchev–Trinajstić information content (AvgIpc) is 3.33. The summed E-state index contributed by atoms with van der Waals surface area (Å²) in [4.78, 5) is 4.59. The van der Waals surface area contributed by atoms with Crippen LogP contribution >= 0.6 is 23.4 Å². The van der Waals surface area contributed by atoms with E-state index in [1.807, 2.05) is 12.1 Å². The van der Waals surface area contributed by atoms with Crippen LogP contribution in [0.5, 0.6) is 11.5 Å². The molecule has 0 spiro atoms. The molecule has 0 amide bonds. The molecule has 118 valence electrons. The SMILES string of the molecule is O=S(=O)(CC1CS1)c1ccc2c(c1)C(Cl)=Nc1ccccc1O2. The molecule has 23 heavy (non-hydrogen) atoms. The molecule has 4 nitrogen and oxygen atoms in total. The zero-order valence-electron chi connectivity index (χ0n) is 11.9. The van der Waals surface area contributed by atoms with Crippen molar-refractivity contribution in [3.05, 3.63) is 48.0 Å². The molecule has 0 saturated carbocycles. The molecule has 4 rings (SSSR count). The molecular weight excluding hydrogens is 354 g/mol. The van der Waals surface area contributed by atoms with Gasteiger partial charge in [0.05, 0.1) is 16.2 Å². The Hall–Kier alpha value is -1.50. The fraction of sp³-hybridized carbons (Fsp3) is 0.188. The second kappa shape index (κ2) is 5.54. The number of hydrogen-bond acceptors (Lipinski definition) is 5. The van der Waals surface area contributed by atoms with Crippen LogP contribution in [0.25, 0.3) is 0 Å². The molecule has 2 aromatic carbocycles. The van der Waals surface area contributed by atoms with Gasteiger partial charge < -0.3 is 4.74 Å². The number of nitrogens with zero attached hydrogens (tertiary/aromatic N) is 1. The van der Waals surface area contributed by atoms with Crippen LogP contribution in [0.2, 0.25) is 0 Å². The van der Waals surface area contributed by atoms with Gasteiger partial charge in [0.1, 0.15) is 16.6 Å². The van der Waals surface area contributed by atoms with Gasteiger partial charge in [-0.15, -0.1) is 0 Å². The molecule has 1 fully saturated rings. The number of aliphatic imine (C=N–C) groups is 1. The first-order valence-electron chi connectivity index (χ1n) is 7.03. The van der Waals surface area contributed by atoms with Crippen molar-refractivity contribution in [2.75, 3.05) is 11.5 Å². The first-order chi connectivity index (χ1) is 11.0. The van der Waals surface area contributed by atoms with Crippen molar-refractivity contribution >= 4 is 44.1 Å². The lowest BCUT2D eigenvalue weighted by atomic mass is 10.2. The third-order valence-corrected chi connectivity index (χ3v) is 6.93. The molecule has 0 aliphatic carbocycles. The van der Waals surface area contributed by atoms with E-state index in [2.05, 4.69) is 4.99 Å². The molecule has 1 unspecified atom stereocenters. The fourth-order valence-corrected chi connectivity index (χ4v) is 5.32. The first-order valence-corrected chi connectivity index (χ1v) is 10.1. The van der Waals surface area contributed by atoms with Crippen molar-refractivity contribution in [3.63, 3.8) is 0 Å². The standard InChI is InChI=1S/C16H12ClNO3S2/c17-16-12-7-11(23(19,20)9-10-8-22-10)5-6-14(12)21-15-4-2-1-3-13(15)18-16/h1-7,10H,8-9H2. The Balaban J connectivity index is 1.79. The number of sulfone groups is 1. The normalized spacial score (nSPS) is 19.0. The Kier molecular flexibility index (Phi) is 3.63. The molecule has 2 aliphatic rings. The predicted octanol–water partition coefficient (Wildman–Crippen LogP) is 4.00. The second-order valence-electron chi connectivity index (χ2n) is 5.37. The molecule has 2 aromatic rings. The van der Waals surface area contributed by atoms with Gasteiger partial charge >= 0.3 is 0 Å². The van der Waals surface area contributed by atoms with Crippen LogP contribution in [-0.4, -0.2) is 30.3 Å². The summed E-state index contributed by atoms with van der Waals surface area (Å²) in [6.45, 7) is 0. The number of ether oxygens (including phenoxy) is 1. The lowest BCUT2D eigenvalue weighted by Gasteiger charge is -2.10. The van der Waals surface area contributed by atoms with Crippen molar-refractivity contribution in [2.24, 2.45) is 4.99 Å². The van der Waals surface area contributed by atoms with Gasteiger partial charge in [-0.05, 0) is 30.3 Å². The highest BCUT2D eigenvalue weighted by Crippen LogP contribution is 2.39. The number of hydrogen-bond donors (Lipinski definition) is 0. The van der Waals surface area contributed by atoms with Crippen molar-refractivity contribution in [3.8, 4) is 11.5 Å². The molecule has 0 N–H and O–H groups in total. The van der Waals surface area contributed by atoms with Gasteiger partial charge in [-0.1, -0.05) is 23.7 Å². The summed E-state index contributed by atoms with van der Waals surface area (Å²) in [5, 5.41) is 0.436. The van der Waals surface area contributed by atoms with E-state index in [0.29, 0.717) is 22.7 Å². The second-order valence-corrected chi connectivity index (χ2v) is 9.09. The van der Waals surface area contributed by atoms with E-state index >= 15 is 0 Å². The molecule has 1 saturated heterocycles. The Morgan fingerprint density at radius 2 is 2.00 bits per heavy atom. The van der Waals surface area contributed by atoms with Gasteiger partial charge in [0.2, 0.25) is 0 Å². The number of benzene rings is 2. The van der Waals surface area contributed by atoms with E-state index in [4.69, 9.17) is 16.3 Å². The summed E-state index contributed by atoms with van der Waals surface area (Å²) >= 11 is 7.95. The largest absolute Gasteiger partial charge is 0.454 e. The monoisotopic (exact) mass is 365 g/mol. The van der Waals surface area contributed by atoms with Crippen molar-refractivity contribution in [1.29, 1.82) is 0 Å². The van der Waals surface area contributed by atoms with Crippen LogP contribution in [-0.2, 0) is 9.84 Å². The molecule has 2 aliphatic heterocycles. The van der Waals surface area contributed by atoms with Crippen LogP contribution < -0.4 is 4.74 Å². The number of thioether (sulfide) groups is 1. The van der Waals surface area contributed by atoms with Crippen LogP contribution in [0.3, 0.4) is 0 Å². The number of rotatable bonds is 3. The Morgan fingerprint density at radius 3 is 2.78 bits per heavy atom. The number of fused-ring (bicyclic) bond motifs is 2. The van der Waals surface area contributed by atoms with Gasteiger partial charge in [-0.25, -0.2) is 13.4 Å². The van der Waals surface area contributed by atoms with Crippen molar-refractivity contribution < 1.29 is 13.2 Å². The van der Waals surface area contributed by atoms with Crippen molar-refractivity contribution in [2.45, 2.75) is 10.1 Å². The summed E-state index contributed by atoms with van der Waals surface area (Å²) in [7, 11) is -3.32. The van der Waals surface area contributed by atoms with E-state index in [1.165, 1.54) is 0 Å². The van der Waals surface area contributed by atoms with E-state index < -0.39 is 9.84 Å². The van der Waals surface area contributed by atoms with Crippen LogP contribution in [0.4, 0.5) is 5.69 Å². The highest BCUT2D eigenvalue weighted by atomic mass is 35.5. The average molecular weight is 366 g/mol. The Morgan fingerprint density at radius 1 is 1.22 bits per heavy atom. The van der Waals surface area contributed by atoms with Crippen molar-refractivity contribution in [1.82, 2.24) is 0 Å². The van der Waals surface area contributed by atoms with Gasteiger partial charge in [-0.3, -0.25) is 0 Å². The topological polar surface area (TPSA) is 55.7 Å². The summed E-state index contributed by atoms with van der Waals surface area (Å²) in [5.74, 6) is 2.16. The highest BCUT2D eigenvalue weighted by molar-refractivity contribution is 8.08. The maximum absolute atomic E-state index is 12.4. The minimum absolute atomic E-state index is 0.159. The zero-order chi connectivity index (χ0) is 16.0. The summed E-state index contributed by atoms with van der Waals surface area (Å²) in [6.07, 6.45) is 0. The Bertz CT molecular complexity index is 921. The maximum Gasteiger partial charge on any atom is 0.179 e. The Labute approximate surface area is 143 Å². The van der Waals surface area contributed by atoms with E-state index in [9.17, 15) is 8.42 Å². The van der Waals surface area contributed by atoms with E-state index in [1.54, 1.807) is 42.1 Å². The fourth-order valence-electron chi connectivity index (χ4n) is 2.38. The summed E-state index contributed by atoms with van der Waals surface area (Å²) < 4.78 is 30.7. The third-order valence-electron chi connectivity index (χ3n) is 3.64. The number of halogens is 1. The maximum atomic E-state index is 12.4. The summed E-state index contributed by atoms with van der Waals surface area (Å²) in [6, 6.07) is 12.0. The van der Waals surface area contributed by atoms with Crippen LogP contribution in [0, 0.1) is 0 Å². The zero-order valence-corrected chi connectivity index (χ0v) is 14.3. The molecule has 7 heteroatoms. The lowest BCUT2D eigenvalue weighted by Crippen LogP contribution is -2.11. The van der Waals surface area contributed by atoms with Gasteiger partial charge in [0.15, 0.2) is 15.6 Å². The minimum Gasteiger partial charge on any atom is -0.454 e. The van der Waals surface area contributed by atoms with Gasteiger partial charge in [0.25, 0.3) is 0 Å². The van der Waals surface area contributed by atoms with E-state index in [-0.39, 0.29) is 21.1 Å². The quantitative estimate of drug-likeness (QED) is 0.771. The van der Waals surface area contributed by atoms with Crippen LogP contribution in [0.1, 0.15) is 5.56 Å². The first kappa shape index (κ1) is 15.1. The molecule has 2 heterocycles. The number of para-hydroxylation sites is 2. The predicted molar refractivity (Wildman–Crippen MR) is 93.3 cm³/mol. The highest BCUT2D eigenvalue weighted by Gasteiger charge is 2.30. The molecule has 1 atom stereocenters. The molecule has 0 aromatic heterocycles. The van der Waals surface area contributed by atoms with Crippen LogP contribution in [0.15, 0.2) is 52.4 Å². The molecular formula is C16H12ClNO3S2. The van der Waals surface area contributed by atoms with Gasteiger partial charge in [0, 0.05) is 11.0 Å². The van der Waals surface area contributed by atoms with E-state index in [0.717, 1.165) is 5.75 Å². The smallest absolute Gasteiger partial charge is 0.179 e. The molecule has 0 bridgehead atoms. The van der Waals surface area contributed by atoms with Gasteiger partial charge in [-0.2, -0.15) is 11.8 Å². The molecule has 0 radical (unpaired) electrons. The third kappa shape index (κ3) is 2.98. The lowest BCUT2D eigenvalue weighted by molar-refractivity contribution is 0.484. The minimum atomic E-state index is -3.32.